The zero-order valence-corrected chi connectivity index (χ0v) is 44.9. The Morgan fingerprint density at radius 1 is 0.306 bits per heavy atom. The minimum absolute atomic E-state index is 0.788. The Morgan fingerprint density at radius 3 is 1.11 bits per heavy atom. The molecule has 1 aliphatic rings. The molecule has 9 aromatic rings. The fraction of sp³-hybridized carbons (Fsp3) is 0.217. The Kier molecular flexibility index (Phi) is 12.4. The van der Waals surface area contributed by atoms with Gasteiger partial charge in [-0.1, -0.05) is 126 Å². The molecule has 0 spiro atoms. The van der Waals surface area contributed by atoms with Gasteiger partial charge in [0.05, 0.1) is 39.5 Å². The summed E-state index contributed by atoms with van der Waals surface area (Å²) in [6.07, 6.45) is 0. The van der Waals surface area contributed by atoms with Gasteiger partial charge in [0.25, 0.3) is 0 Å². The lowest BCUT2D eigenvalue weighted by molar-refractivity contribution is 0.730. The minimum atomic E-state index is -0.788. The first-order valence-electron chi connectivity index (χ1n) is 25.7. The molecule has 0 unspecified atom stereocenters. The van der Waals surface area contributed by atoms with Crippen molar-refractivity contribution in [2.75, 3.05) is 14.7 Å². The number of para-hydroxylation sites is 1. The summed E-state index contributed by atoms with van der Waals surface area (Å²) in [4.78, 5) is 7.63. The zero-order chi connectivity index (χ0) is 50.9. The van der Waals surface area contributed by atoms with Crippen LogP contribution in [0.25, 0.3) is 0 Å². The van der Waals surface area contributed by atoms with Crippen LogP contribution in [0.3, 0.4) is 0 Å². The molecule has 3 heteroatoms. The van der Waals surface area contributed by atoms with Gasteiger partial charge in [-0.05, 0) is 234 Å². The molecule has 0 aliphatic carbocycles. The van der Waals surface area contributed by atoms with Crippen molar-refractivity contribution in [2.24, 2.45) is 0 Å². The fourth-order valence-corrected chi connectivity index (χ4v) is 11.8. The van der Waals surface area contributed by atoms with Gasteiger partial charge in [-0.25, -0.2) is 0 Å². The van der Waals surface area contributed by atoms with Gasteiger partial charge in [-0.15, -0.1) is 0 Å². The normalized spacial score (nSPS) is 12.7. The van der Waals surface area contributed by atoms with Crippen LogP contribution in [0.5, 0.6) is 0 Å². The molecule has 1 aliphatic heterocycles. The summed E-state index contributed by atoms with van der Waals surface area (Å²) in [7, 11) is 0. The van der Waals surface area contributed by atoms with Crippen LogP contribution >= 0.6 is 0 Å². The second-order valence-corrected chi connectivity index (χ2v) is 20.9. The fourth-order valence-electron chi connectivity index (χ4n) is 11.8. The number of hydrogen-bond acceptors (Lipinski definition) is 3. The monoisotopic (exact) mass is 940 g/mol. The van der Waals surface area contributed by atoms with E-state index in [0.29, 0.717) is 0 Å². The van der Waals surface area contributed by atoms with Crippen LogP contribution in [0.15, 0.2) is 164 Å². The van der Waals surface area contributed by atoms with E-state index in [1.165, 1.54) is 129 Å². The van der Waals surface area contributed by atoms with Gasteiger partial charge < -0.3 is 14.7 Å². The first-order valence-corrected chi connectivity index (χ1v) is 25.7. The van der Waals surface area contributed by atoms with Crippen molar-refractivity contribution in [3.05, 3.63) is 264 Å². The van der Waals surface area contributed by atoms with E-state index in [-0.39, 0.29) is 0 Å². The smallest absolute Gasteiger partial charge is 0.0743 e. The lowest BCUT2D eigenvalue weighted by atomic mass is 9.62. The van der Waals surface area contributed by atoms with Crippen molar-refractivity contribution in [3.63, 3.8) is 0 Å². The van der Waals surface area contributed by atoms with E-state index in [1.54, 1.807) is 0 Å². The molecule has 0 saturated heterocycles. The van der Waals surface area contributed by atoms with Gasteiger partial charge in [0, 0.05) is 17.1 Å². The van der Waals surface area contributed by atoms with Gasteiger partial charge in [-0.3, -0.25) is 0 Å². The number of anilines is 9. The van der Waals surface area contributed by atoms with Crippen molar-refractivity contribution >= 4 is 51.2 Å². The molecule has 3 nitrogen and oxygen atoms in total. The second kappa shape index (κ2) is 18.5. The van der Waals surface area contributed by atoms with Gasteiger partial charge >= 0.3 is 0 Å². The van der Waals surface area contributed by atoms with E-state index >= 15 is 0 Å². The number of nitrogens with zero attached hydrogens (tertiary/aromatic N) is 3. The van der Waals surface area contributed by atoms with Crippen LogP contribution in [0, 0.1) is 96.9 Å². The molecule has 0 bridgehead atoms. The Balaban J connectivity index is 1.35. The number of benzene rings is 9. The van der Waals surface area contributed by atoms with E-state index in [0.717, 1.165) is 22.7 Å². The van der Waals surface area contributed by atoms with Gasteiger partial charge in [0.2, 0.25) is 0 Å². The van der Waals surface area contributed by atoms with E-state index in [2.05, 4.69) is 275 Å². The maximum absolute atomic E-state index is 2.57. The van der Waals surface area contributed by atoms with Crippen molar-refractivity contribution in [2.45, 2.75) is 102 Å². The number of fused-ring (bicyclic) bond motifs is 2. The topological polar surface area (TPSA) is 9.72 Å². The Labute approximate surface area is 430 Å². The Morgan fingerprint density at radius 2 is 0.681 bits per heavy atom. The summed E-state index contributed by atoms with van der Waals surface area (Å²) >= 11 is 0. The van der Waals surface area contributed by atoms with Gasteiger partial charge in [-0.2, -0.15) is 0 Å². The molecule has 72 heavy (non-hydrogen) atoms. The highest BCUT2D eigenvalue weighted by Gasteiger charge is 2.47. The SMILES string of the molecule is Cc1ccc(N2c3ccccc3C(c3cccc(N(c4c(C)ccc(C)c4C)c4c(C)ccc(C)c4C)c3)(c3cccc(N(c4c(C)ccc(C)c4C)c4c(C)ccc(C)c4C)c3)c3cc(C)ccc32)cc1. The first-order chi connectivity index (χ1) is 34.5. The number of hydrogen-bond donors (Lipinski definition) is 0. The molecule has 10 rings (SSSR count). The molecular weight excluding hydrogens is 871 g/mol. The third-order valence-corrected chi connectivity index (χ3v) is 16.2. The highest BCUT2D eigenvalue weighted by Crippen LogP contribution is 2.59. The maximum Gasteiger partial charge on any atom is 0.0743 e. The average molecular weight is 940 g/mol. The lowest BCUT2D eigenvalue weighted by Gasteiger charge is -2.47. The predicted octanol–water partition coefficient (Wildman–Crippen LogP) is 19.1. The molecule has 0 radical (unpaired) electrons. The van der Waals surface area contributed by atoms with Crippen molar-refractivity contribution < 1.29 is 0 Å². The molecule has 0 amide bonds. The Hall–Kier alpha value is -7.62. The standard InChI is InChI=1S/C69H69N3/c1-42-25-36-58(37-26-42)70-63-24-16-15-23-61(63)69(62-39-43(2)27-38-64(62)70,56-19-17-21-59(40-56)71(65-48(7)32-28-44(3)52(65)11)66-49(8)33-29-45(4)53(66)12)57-20-18-22-60(41-57)72(67-50(9)34-30-46(5)54(67)13)68-51(10)35-31-47(6)55(68)14/h15-41H,1-14H3. The summed E-state index contributed by atoms with van der Waals surface area (Å²) in [5.41, 5.74) is 32.4. The lowest BCUT2D eigenvalue weighted by Crippen LogP contribution is -2.38. The molecule has 360 valence electrons. The van der Waals surface area contributed by atoms with Crippen LogP contribution in [0.2, 0.25) is 0 Å². The summed E-state index contributed by atoms with van der Waals surface area (Å²) in [5.74, 6) is 0. The quantitative estimate of drug-likeness (QED) is 0.143. The van der Waals surface area contributed by atoms with Crippen LogP contribution in [0.1, 0.15) is 100 Å². The highest BCUT2D eigenvalue weighted by molar-refractivity contribution is 5.92. The minimum Gasteiger partial charge on any atom is -0.310 e. The van der Waals surface area contributed by atoms with Crippen LogP contribution in [0.4, 0.5) is 51.2 Å². The van der Waals surface area contributed by atoms with Crippen LogP contribution in [-0.4, -0.2) is 0 Å². The molecule has 0 fully saturated rings. The molecule has 0 N–H and O–H groups in total. The van der Waals surface area contributed by atoms with E-state index in [4.69, 9.17) is 0 Å². The first kappa shape index (κ1) is 48.0. The summed E-state index contributed by atoms with van der Waals surface area (Å²) in [5, 5.41) is 0. The van der Waals surface area contributed by atoms with E-state index in [9.17, 15) is 0 Å². The summed E-state index contributed by atoms with van der Waals surface area (Å²) in [6, 6.07) is 62.6. The number of rotatable bonds is 9. The second-order valence-electron chi connectivity index (χ2n) is 20.9. The predicted molar refractivity (Wildman–Crippen MR) is 309 cm³/mol. The van der Waals surface area contributed by atoms with Crippen LogP contribution in [-0.2, 0) is 5.41 Å². The molecule has 0 aromatic heterocycles. The average Bonchev–Trinajstić information content (AvgIpc) is 3.37. The molecular formula is C69H69N3. The van der Waals surface area contributed by atoms with Crippen molar-refractivity contribution in [1.29, 1.82) is 0 Å². The Bertz CT molecular complexity index is 3310. The molecule has 1 heterocycles. The van der Waals surface area contributed by atoms with E-state index < -0.39 is 5.41 Å². The van der Waals surface area contributed by atoms with Crippen LogP contribution < -0.4 is 14.7 Å². The maximum atomic E-state index is 2.57. The third-order valence-electron chi connectivity index (χ3n) is 16.2. The summed E-state index contributed by atoms with van der Waals surface area (Å²) < 4.78 is 0. The molecule has 9 aromatic carbocycles. The highest BCUT2D eigenvalue weighted by atomic mass is 15.2. The molecule has 0 saturated carbocycles. The summed E-state index contributed by atoms with van der Waals surface area (Å²) in [6.45, 7) is 31.6. The number of aryl methyl sites for hydroxylation is 10. The van der Waals surface area contributed by atoms with Gasteiger partial charge in [0.1, 0.15) is 0 Å². The largest absolute Gasteiger partial charge is 0.310 e. The molecule has 0 atom stereocenters. The van der Waals surface area contributed by atoms with Crippen molar-refractivity contribution in [1.82, 2.24) is 0 Å². The van der Waals surface area contributed by atoms with Crippen molar-refractivity contribution in [3.8, 4) is 0 Å². The zero-order valence-electron chi connectivity index (χ0n) is 44.9. The van der Waals surface area contributed by atoms with E-state index in [1.807, 2.05) is 0 Å². The third kappa shape index (κ3) is 7.73. The van der Waals surface area contributed by atoms with Gasteiger partial charge in [0.15, 0.2) is 0 Å².